The summed E-state index contributed by atoms with van der Waals surface area (Å²) in [7, 11) is 0. The van der Waals surface area contributed by atoms with Gasteiger partial charge < -0.3 is 20.4 Å². The summed E-state index contributed by atoms with van der Waals surface area (Å²) < 4.78 is 5.17. The SMILES string of the molecule is CCNC(=NCCCNC(=O)c1occc1C)NCCCC(C)C.I. The summed E-state index contributed by atoms with van der Waals surface area (Å²) in [5, 5.41) is 9.43. The molecule has 0 atom stereocenters. The summed E-state index contributed by atoms with van der Waals surface area (Å²) in [5.41, 5.74) is 0.852. The second kappa shape index (κ2) is 14.0. The van der Waals surface area contributed by atoms with Crippen molar-refractivity contribution < 1.29 is 9.21 Å². The van der Waals surface area contributed by atoms with E-state index in [0.29, 0.717) is 18.8 Å². The lowest BCUT2D eigenvalue weighted by atomic mass is 10.1. The van der Waals surface area contributed by atoms with E-state index >= 15 is 0 Å². The summed E-state index contributed by atoms with van der Waals surface area (Å²) in [6.07, 6.45) is 4.67. The molecular formula is C18H33IN4O2. The number of aliphatic imine (C=N–C) groups is 1. The third kappa shape index (κ3) is 10.4. The van der Waals surface area contributed by atoms with Crippen LogP contribution in [0.2, 0.25) is 0 Å². The number of furan rings is 1. The number of amides is 1. The molecule has 1 amide bonds. The van der Waals surface area contributed by atoms with Gasteiger partial charge in [-0.25, -0.2) is 0 Å². The van der Waals surface area contributed by atoms with Crippen molar-refractivity contribution in [2.45, 2.75) is 47.0 Å². The lowest BCUT2D eigenvalue weighted by Gasteiger charge is -2.12. The Morgan fingerprint density at radius 3 is 2.52 bits per heavy atom. The molecule has 0 aliphatic rings. The highest BCUT2D eigenvalue weighted by molar-refractivity contribution is 14.0. The molecule has 1 rings (SSSR count). The number of carbonyl (C=O) groups is 1. The fourth-order valence-electron chi connectivity index (χ4n) is 2.22. The Bertz CT molecular complexity index is 515. The molecule has 0 spiro atoms. The highest BCUT2D eigenvalue weighted by atomic mass is 127. The van der Waals surface area contributed by atoms with Crippen molar-refractivity contribution in [1.82, 2.24) is 16.0 Å². The number of hydrogen-bond acceptors (Lipinski definition) is 3. The molecule has 0 bridgehead atoms. The van der Waals surface area contributed by atoms with E-state index in [2.05, 4.69) is 41.7 Å². The predicted molar refractivity (Wildman–Crippen MR) is 114 cm³/mol. The van der Waals surface area contributed by atoms with E-state index in [9.17, 15) is 4.79 Å². The maximum absolute atomic E-state index is 11.9. The smallest absolute Gasteiger partial charge is 0.287 e. The molecule has 1 heterocycles. The molecule has 7 heteroatoms. The Morgan fingerprint density at radius 1 is 1.20 bits per heavy atom. The summed E-state index contributed by atoms with van der Waals surface area (Å²) in [4.78, 5) is 16.4. The minimum atomic E-state index is -0.166. The molecule has 1 aromatic rings. The van der Waals surface area contributed by atoms with Crippen molar-refractivity contribution in [3.63, 3.8) is 0 Å². The molecule has 6 nitrogen and oxygen atoms in total. The van der Waals surface area contributed by atoms with Crippen LogP contribution in [0.3, 0.4) is 0 Å². The first-order valence-corrected chi connectivity index (χ1v) is 8.89. The van der Waals surface area contributed by atoms with Crippen molar-refractivity contribution in [3.8, 4) is 0 Å². The second-order valence-corrected chi connectivity index (χ2v) is 6.27. The number of halogens is 1. The van der Waals surface area contributed by atoms with Crippen LogP contribution in [0.4, 0.5) is 0 Å². The Morgan fingerprint density at radius 2 is 1.92 bits per heavy atom. The predicted octanol–water partition coefficient (Wildman–Crippen LogP) is 3.32. The average Bonchev–Trinajstić information content (AvgIpc) is 2.96. The van der Waals surface area contributed by atoms with Gasteiger partial charge in [0.2, 0.25) is 0 Å². The second-order valence-electron chi connectivity index (χ2n) is 6.27. The first kappa shape index (κ1) is 23.8. The van der Waals surface area contributed by atoms with Crippen molar-refractivity contribution >= 4 is 35.8 Å². The quantitative estimate of drug-likeness (QED) is 0.215. The van der Waals surface area contributed by atoms with Crippen LogP contribution in [0, 0.1) is 12.8 Å². The largest absolute Gasteiger partial charge is 0.459 e. The van der Waals surface area contributed by atoms with E-state index in [1.165, 1.54) is 12.7 Å². The van der Waals surface area contributed by atoms with E-state index in [1.54, 1.807) is 6.07 Å². The van der Waals surface area contributed by atoms with Gasteiger partial charge in [-0.3, -0.25) is 9.79 Å². The Kier molecular flexibility index (Phi) is 13.3. The summed E-state index contributed by atoms with van der Waals surface area (Å²) in [6.45, 7) is 11.4. The zero-order valence-electron chi connectivity index (χ0n) is 15.9. The molecule has 0 aliphatic heterocycles. The van der Waals surface area contributed by atoms with Gasteiger partial charge in [-0.1, -0.05) is 13.8 Å². The van der Waals surface area contributed by atoms with E-state index in [1.807, 2.05) is 6.92 Å². The summed E-state index contributed by atoms with van der Waals surface area (Å²) >= 11 is 0. The van der Waals surface area contributed by atoms with Crippen molar-refractivity contribution in [1.29, 1.82) is 0 Å². The maximum Gasteiger partial charge on any atom is 0.287 e. The topological polar surface area (TPSA) is 78.7 Å². The zero-order chi connectivity index (χ0) is 17.8. The van der Waals surface area contributed by atoms with E-state index in [-0.39, 0.29) is 29.9 Å². The third-order valence-electron chi connectivity index (χ3n) is 3.55. The maximum atomic E-state index is 11.9. The van der Waals surface area contributed by atoms with Crippen LogP contribution in [0.25, 0.3) is 0 Å². The highest BCUT2D eigenvalue weighted by Crippen LogP contribution is 2.07. The molecule has 0 fully saturated rings. The van der Waals surface area contributed by atoms with Gasteiger partial charge in [-0.05, 0) is 45.1 Å². The van der Waals surface area contributed by atoms with Crippen molar-refractivity contribution in [3.05, 3.63) is 23.7 Å². The highest BCUT2D eigenvalue weighted by Gasteiger charge is 2.11. The molecule has 144 valence electrons. The number of rotatable bonds is 10. The zero-order valence-corrected chi connectivity index (χ0v) is 18.2. The summed E-state index contributed by atoms with van der Waals surface area (Å²) in [6, 6.07) is 1.78. The lowest BCUT2D eigenvalue weighted by Crippen LogP contribution is -2.38. The van der Waals surface area contributed by atoms with Gasteiger partial charge in [0.25, 0.3) is 5.91 Å². The molecule has 0 saturated carbocycles. The van der Waals surface area contributed by atoms with Crippen molar-refractivity contribution in [2.24, 2.45) is 10.9 Å². The first-order valence-electron chi connectivity index (χ1n) is 8.89. The molecule has 25 heavy (non-hydrogen) atoms. The van der Waals surface area contributed by atoms with Gasteiger partial charge in [0, 0.05) is 31.7 Å². The van der Waals surface area contributed by atoms with Crippen LogP contribution >= 0.6 is 24.0 Å². The Balaban J connectivity index is 0.00000576. The molecule has 0 aliphatic carbocycles. The number of aryl methyl sites for hydroxylation is 1. The minimum Gasteiger partial charge on any atom is -0.459 e. The molecular weight excluding hydrogens is 431 g/mol. The number of hydrogen-bond donors (Lipinski definition) is 3. The molecule has 0 radical (unpaired) electrons. The van der Waals surface area contributed by atoms with Crippen molar-refractivity contribution in [2.75, 3.05) is 26.2 Å². The van der Waals surface area contributed by atoms with Gasteiger partial charge in [0.05, 0.1) is 6.26 Å². The van der Waals surface area contributed by atoms with Crippen LogP contribution in [0.5, 0.6) is 0 Å². The van der Waals surface area contributed by atoms with Crippen LogP contribution in [-0.4, -0.2) is 38.0 Å². The van der Waals surface area contributed by atoms with E-state index in [4.69, 9.17) is 4.42 Å². The van der Waals surface area contributed by atoms with Gasteiger partial charge >= 0.3 is 0 Å². The van der Waals surface area contributed by atoms with Crippen LogP contribution in [0.1, 0.15) is 56.2 Å². The minimum absolute atomic E-state index is 0. The fraction of sp³-hybridized carbons (Fsp3) is 0.667. The van der Waals surface area contributed by atoms with Gasteiger partial charge in [0.15, 0.2) is 11.7 Å². The standard InChI is InChI=1S/C18H32N4O2.HI/c1-5-19-18(21-10-6-8-14(2)3)22-12-7-11-20-17(23)16-15(4)9-13-24-16;/h9,13-14H,5-8,10-12H2,1-4H3,(H,20,23)(H2,19,21,22);1H. The normalized spacial score (nSPS) is 11.2. The molecule has 1 aromatic heterocycles. The Hall–Kier alpha value is -1.25. The Labute approximate surface area is 168 Å². The fourth-order valence-corrected chi connectivity index (χ4v) is 2.22. The van der Waals surface area contributed by atoms with Gasteiger partial charge in [-0.15, -0.1) is 24.0 Å². The number of nitrogens with one attached hydrogen (secondary N) is 3. The van der Waals surface area contributed by atoms with Gasteiger partial charge in [0.1, 0.15) is 0 Å². The average molecular weight is 464 g/mol. The summed E-state index contributed by atoms with van der Waals surface area (Å²) in [5.74, 6) is 1.79. The number of nitrogens with zero attached hydrogens (tertiary/aromatic N) is 1. The number of guanidine groups is 1. The lowest BCUT2D eigenvalue weighted by molar-refractivity contribution is 0.0925. The van der Waals surface area contributed by atoms with Crippen LogP contribution < -0.4 is 16.0 Å². The first-order chi connectivity index (χ1) is 11.5. The van der Waals surface area contributed by atoms with E-state index < -0.39 is 0 Å². The molecule has 0 aromatic carbocycles. The number of carbonyl (C=O) groups excluding carboxylic acids is 1. The third-order valence-corrected chi connectivity index (χ3v) is 3.55. The van der Waals surface area contributed by atoms with E-state index in [0.717, 1.165) is 43.4 Å². The van der Waals surface area contributed by atoms with Crippen LogP contribution in [0.15, 0.2) is 21.7 Å². The van der Waals surface area contributed by atoms with Gasteiger partial charge in [-0.2, -0.15) is 0 Å². The van der Waals surface area contributed by atoms with Crippen LogP contribution in [-0.2, 0) is 0 Å². The molecule has 0 unspecified atom stereocenters. The molecule has 0 saturated heterocycles. The molecule has 3 N–H and O–H groups in total. The monoisotopic (exact) mass is 464 g/mol.